The van der Waals surface area contributed by atoms with E-state index in [-0.39, 0.29) is 11.8 Å². The van der Waals surface area contributed by atoms with E-state index < -0.39 is 12.0 Å². The van der Waals surface area contributed by atoms with Gasteiger partial charge in [0.25, 0.3) is 0 Å². The van der Waals surface area contributed by atoms with E-state index in [1.54, 1.807) is 61.1 Å². The highest BCUT2D eigenvalue weighted by molar-refractivity contribution is 7.99. The van der Waals surface area contributed by atoms with Gasteiger partial charge in [0, 0.05) is 25.9 Å². The molecule has 6 nitrogen and oxygen atoms in total. The normalized spacial score (nSPS) is 17.1. The topological polar surface area (TPSA) is 66.9 Å². The summed E-state index contributed by atoms with van der Waals surface area (Å²) in [6, 6.07) is 6.33. The number of hydrogen-bond acceptors (Lipinski definition) is 5. The van der Waals surface area contributed by atoms with E-state index in [9.17, 15) is 14.4 Å². The maximum Gasteiger partial charge on any atom is 0.337 e. The minimum Gasteiger partial charge on any atom is -0.465 e. The standard InChI is InChI=1S/C17H20N2O4S/c1-18(2)16(21)14-10-24-11-19(14)15(20)9-6-12-4-7-13(8-5-12)17(22)23-3/h4-9,14H,10-11H2,1-3H3/b9-6+/t14-/m1/s1. The zero-order valence-corrected chi connectivity index (χ0v) is 14.7. The number of hydrogen-bond donors (Lipinski definition) is 0. The van der Waals surface area contributed by atoms with E-state index in [4.69, 9.17) is 0 Å². The molecule has 0 unspecified atom stereocenters. The number of likely N-dealkylation sites (N-methyl/N-ethyl adjacent to an activating group) is 1. The summed E-state index contributed by atoms with van der Waals surface area (Å²) in [7, 11) is 4.70. The van der Waals surface area contributed by atoms with E-state index in [1.807, 2.05) is 0 Å². The summed E-state index contributed by atoms with van der Waals surface area (Å²) in [4.78, 5) is 38.9. The van der Waals surface area contributed by atoms with Gasteiger partial charge in [-0.2, -0.15) is 0 Å². The van der Waals surface area contributed by atoms with Gasteiger partial charge in [0.1, 0.15) is 6.04 Å². The summed E-state index contributed by atoms with van der Waals surface area (Å²) in [5, 5.41) is 0. The Kier molecular flexibility index (Phi) is 6.03. The number of benzene rings is 1. The lowest BCUT2D eigenvalue weighted by atomic mass is 10.1. The minimum absolute atomic E-state index is 0.0656. The number of esters is 1. The number of carbonyl (C=O) groups excluding carboxylic acids is 3. The SMILES string of the molecule is COC(=O)c1ccc(/C=C/C(=O)N2CSC[C@@H]2C(=O)N(C)C)cc1. The molecule has 0 spiro atoms. The molecule has 0 saturated carbocycles. The van der Waals surface area contributed by atoms with Gasteiger partial charge in [-0.3, -0.25) is 9.59 Å². The Balaban J connectivity index is 2.04. The van der Waals surface area contributed by atoms with Crippen LogP contribution in [-0.4, -0.2) is 66.5 Å². The summed E-state index contributed by atoms with van der Waals surface area (Å²) >= 11 is 1.57. The first kappa shape index (κ1) is 18.1. The molecule has 1 atom stereocenters. The fourth-order valence-electron chi connectivity index (χ4n) is 2.27. The predicted octanol–water partition coefficient (Wildman–Crippen LogP) is 1.48. The molecule has 1 aromatic rings. The van der Waals surface area contributed by atoms with Gasteiger partial charge in [0.05, 0.1) is 18.6 Å². The van der Waals surface area contributed by atoms with E-state index in [0.717, 1.165) is 5.56 Å². The van der Waals surface area contributed by atoms with Crippen molar-refractivity contribution >= 4 is 35.6 Å². The summed E-state index contributed by atoms with van der Waals surface area (Å²) in [6.45, 7) is 0. The van der Waals surface area contributed by atoms with Crippen LogP contribution in [0, 0.1) is 0 Å². The molecule has 7 heteroatoms. The highest BCUT2D eigenvalue weighted by atomic mass is 32.2. The molecule has 1 aliphatic rings. The van der Waals surface area contributed by atoms with E-state index in [2.05, 4.69) is 4.74 Å². The first-order chi connectivity index (χ1) is 11.4. The summed E-state index contributed by atoms with van der Waals surface area (Å²) in [5.74, 6) is 0.459. The van der Waals surface area contributed by atoms with Crippen LogP contribution in [0.15, 0.2) is 30.3 Å². The monoisotopic (exact) mass is 348 g/mol. The fraction of sp³-hybridized carbons (Fsp3) is 0.353. The molecule has 1 saturated heterocycles. The lowest BCUT2D eigenvalue weighted by molar-refractivity contribution is -0.139. The Bertz CT molecular complexity index is 655. The van der Waals surface area contributed by atoms with Gasteiger partial charge in [-0.15, -0.1) is 11.8 Å². The molecule has 128 valence electrons. The average Bonchev–Trinajstić information content (AvgIpc) is 3.08. The molecule has 0 bridgehead atoms. The third-order valence-corrected chi connectivity index (χ3v) is 4.65. The second-order valence-corrected chi connectivity index (χ2v) is 6.50. The van der Waals surface area contributed by atoms with Crippen LogP contribution in [0.5, 0.6) is 0 Å². The van der Waals surface area contributed by atoms with Gasteiger partial charge in [-0.05, 0) is 23.8 Å². The second kappa shape index (κ2) is 8.01. The van der Waals surface area contributed by atoms with Crippen LogP contribution in [0.4, 0.5) is 0 Å². The summed E-state index contributed by atoms with van der Waals surface area (Å²) in [5.41, 5.74) is 1.24. The van der Waals surface area contributed by atoms with Crippen molar-refractivity contribution in [3.8, 4) is 0 Å². The second-order valence-electron chi connectivity index (χ2n) is 5.50. The van der Waals surface area contributed by atoms with Crippen molar-refractivity contribution in [3.63, 3.8) is 0 Å². The molecule has 1 heterocycles. The molecule has 2 amide bonds. The van der Waals surface area contributed by atoms with Gasteiger partial charge < -0.3 is 14.5 Å². The molecule has 0 radical (unpaired) electrons. The molecule has 1 aromatic carbocycles. The zero-order valence-electron chi connectivity index (χ0n) is 13.9. The highest BCUT2D eigenvalue weighted by Gasteiger charge is 2.34. The fourth-order valence-corrected chi connectivity index (χ4v) is 3.43. The van der Waals surface area contributed by atoms with Crippen LogP contribution >= 0.6 is 11.8 Å². The van der Waals surface area contributed by atoms with Crippen LogP contribution < -0.4 is 0 Å². The first-order valence-corrected chi connectivity index (χ1v) is 8.55. The number of ether oxygens (including phenoxy) is 1. The largest absolute Gasteiger partial charge is 0.465 e. The third-order valence-electron chi connectivity index (χ3n) is 3.64. The lowest BCUT2D eigenvalue weighted by Crippen LogP contribution is -2.46. The molecule has 0 aliphatic carbocycles. The Morgan fingerprint density at radius 3 is 2.50 bits per heavy atom. The number of nitrogens with zero attached hydrogens (tertiary/aromatic N) is 2. The van der Waals surface area contributed by atoms with Gasteiger partial charge in [0.15, 0.2) is 0 Å². The zero-order chi connectivity index (χ0) is 17.7. The lowest BCUT2D eigenvalue weighted by Gasteiger charge is -2.24. The first-order valence-electron chi connectivity index (χ1n) is 7.40. The van der Waals surface area contributed by atoms with Crippen molar-refractivity contribution in [1.82, 2.24) is 9.80 Å². The predicted molar refractivity (Wildman–Crippen MR) is 93.5 cm³/mol. The highest BCUT2D eigenvalue weighted by Crippen LogP contribution is 2.22. The molecule has 1 fully saturated rings. The molecular formula is C17H20N2O4S. The maximum atomic E-state index is 12.4. The Hall–Kier alpha value is -2.28. The Morgan fingerprint density at radius 1 is 1.25 bits per heavy atom. The Morgan fingerprint density at radius 2 is 1.92 bits per heavy atom. The summed E-state index contributed by atoms with van der Waals surface area (Å²) in [6.07, 6.45) is 3.12. The van der Waals surface area contributed by atoms with E-state index >= 15 is 0 Å². The molecule has 0 aromatic heterocycles. The number of amides is 2. The van der Waals surface area contributed by atoms with Crippen molar-refractivity contribution in [3.05, 3.63) is 41.5 Å². The van der Waals surface area contributed by atoms with Crippen molar-refractivity contribution in [2.75, 3.05) is 32.8 Å². The molecule has 1 aliphatic heterocycles. The van der Waals surface area contributed by atoms with Crippen molar-refractivity contribution < 1.29 is 19.1 Å². The van der Waals surface area contributed by atoms with E-state index in [0.29, 0.717) is 17.2 Å². The van der Waals surface area contributed by atoms with Gasteiger partial charge in [-0.1, -0.05) is 12.1 Å². The molecule has 0 N–H and O–H groups in total. The van der Waals surface area contributed by atoms with Crippen LogP contribution in [0.2, 0.25) is 0 Å². The number of carbonyl (C=O) groups is 3. The van der Waals surface area contributed by atoms with Crippen molar-refractivity contribution in [2.24, 2.45) is 0 Å². The summed E-state index contributed by atoms with van der Waals surface area (Å²) < 4.78 is 4.64. The molecular weight excluding hydrogens is 328 g/mol. The minimum atomic E-state index is -0.413. The van der Waals surface area contributed by atoms with Gasteiger partial charge >= 0.3 is 5.97 Å². The van der Waals surface area contributed by atoms with Gasteiger partial charge in [-0.25, -0.2) is 4.79 Å². The van der Waals surface area contributed by atoms with Crippen LogP contribution in [0.1, 0.15) is 15.9 Å². The van der Waals surface area contributed by atoms with Crippen LogP contribution in [0.3, 0.4) is 0 Å². The number of thioether (sulfide) groups is 1. The smallest absolute Gasteiger partial charge is 0.337 e. The molecule has 2 rings (SSSR count). The van der Waals surface area contributed by atoms with Crippen LogP contribution in [-0.2, 0) is 14.3 Å². The van der Waals surface area contributed by atoms with E-state index in [1.165, 1.54) is 18.1 Å². The number of methoxy groups -OCH3 is 1. The average molecular weight is 348 g/mol. The van der Waals surface area contributed by atoms with Crippen molar-refractivity contribution in [2.45, 2.75) is 6.04 Å². The number of rotatable bonds is 4. The van der Waals surface area contributed by atoms with Crippen LogP contribution in [0.25, 0.3) is 6.08 Å². The van der Waals surface area contributed by atoms with Gasteiger partial charge in [0.2, 0.25) is 11.8 Å². The quantitative estimate of drug-likeness (QED) is 0.609. The Labute approximate surface area is 145 Å². The van der Waals surface area contributed by atoms with Crippen molar-refractivity contribution in [1.29, 1.82) is 0 Å². The third kappa shape index (κ3) is 4.17. The molecule has 24 heavy (non-hydrogen) atoms. The maximum absolute atomic E-state index is 12.4.